The van der Waals surface area contributed by atoms with E-state index in [2.05, 4.69) is 5.32 Å². The van der Waals surface area contributed by atoms with Crippen molar-refractivity contribution in [2.75, 3.05) is 0 Å². The molecule has 0 spiro atoms. The molecule has 1 aliphatic rings. The highest BCUT2D eigenvalue weighted by Gasteiger charge is 2.27. The highest BCUT2D eigenvalue weighted by molar-refractivity contribution is 6.19. The Hall–Kier alpha value is -3.60. The van der Waals surface area contributed by atoms with E-state index in [9.17, 15) is 9.18 Å². The molecule has 5 heteroatoms. The number of fused-ring (bicyclic) bond motifs is 1. The summed E-state index contributed by atoms with van der Waals surface area (Å²) in [5, 5.41) is 2.83. The molecule has 1 amide bonds. The largest absolute Gasteiger partial charge is 0.309 e. The Morgan fingerprint density at radius 3 is 2.18 bits per heavy atom. The number of nitrogens with one attached hydrogen (secondary N) is 1. The van der Waals surface area contributed by atoms with E-state index in [4.69, 9.17) is 9.98 Å². The van der Waals surface area contributed by atoms with Crippen LogP contribution in [0.5, 0.6) is 0 Å². The van der Waals surface area contributed by atoms with Gasteiger partial charge in [0.25, 0.3) is 5.91 Å². The quantitative estimate of drug-likeness (QED) is 0.663. The smallest absolute Gasteiger partial charge is 0.259 e. The topological polar surface area (TPSA) is 53.8 Å². The Labute approximate surface area is 162 Å². The van der Waals surface area contributed by atoms with E-state index in [1.54, 1.807) is 12.1 Å². The molecule has 1 atom stereocenters. The average Bonchev–Trinajstić information content (AvgIpc) is 2.84. The number of amides is 1. The summed E-state index contributed by atoms with van der Waals surface area (Å²) in [5.41, 5.74) is 3.11. The van der Waals surface area contributed by atoms with Gasteiger partial charge in [0.2, 0.25) is 0 Å². The Balaban J connectivity index is 1.81. The van der Waals surface area contributed by atoms with E-state index < -0.39 is 11.7 Å². The molecule has 0 fully saturated rings. The van der Waals surface area contributed by atoms with E-state index in [-0.39, 0.29) is 11.5 Å². The third-order valence-corrected chi connectivity index (χ3v) is 4.60. The zero-order chi connectivity index (χ0) is 19.5. The molecule has 0 unspecified atom stereocenters. The molecule has 0 saturated heterocycles. The summed E-state index contributed by atoms with van der Waals surface area (Å²) in [6.45, 7) is 1.91. The summed E-state index contributed by atoms with van der Waals surface area (Å²) in [5.74, 6) is -1.03. The van der Waals surface area contributed by atoms with Gasteiger partial charge in [-0.1, -0.05) is 54.6 Å². The van der Waals surface area contributed by atoms with Crippen molar-refractivity contribution >= 4 is 28.8 Å². The number of carbonyl (C=O) groups is 1. The fourth-order valence-corrected chi connectivity index (χ4v) is 3.27. The minimum atomic E-state index is -0.573. The molecule has 1 aliphatic heterocycles. The van der Waals surface area contributed by atoms with E-state index in [0.717, 1.165) is 17.0 Å². The zero-order valence-electron chi connectivity index (χ0n) is 15.3. The van der Waals surface area contributed by atoms with Crippen molar-refractivity contribution in [2.24, 2.45) is 9.98 Å². The predicted octanol–water partition coefficient (Wildman–Crippen LogP) is 5.18. The Kier molecular flexibility index (Phi) is 4.81. The Morgan fingerprint density at radius 2 is 1.46 bits per heavy atom. The first-order valence-corrected chi connectivity index (χ1v) is 8.97. The van der Waals surface area contributed by atoms with Gasteiger partial charge < -0.3 is 5.32 Å². The van der Waals surface area contributed by atoms with E-state index in [1.165, 1.54) is 12.1 Å². The van der Waals surface area contributed by atoms with Crippen LogP contribution in [0.3, 0.4) is 0 Å². The van der Waals surface area contributed by atoms with Gasteiger partial charge in [-0.15, -0.1) is 0 Å². The minimum absolute atomic E-state index is 0.0239. The van der Waals surface area contributed by atoms with Gasteiger partial charge in [0.1, 0.15) is 11.7 Å². The monoisotopic (exact) mass is 371 g/mol. The first-order chi connectivity index (χ1) is 13.6. The second kappa shape index (κ2) is 7.56. The van der Waals surface area contributed by atoms with Gasteiger partial charge in [-0.25, -0.2) is 9.38 Å². The molecular weight excluding hydrogens is 353 g/mol. The highest BCUT2D eigenvalue weighted by Crippen LogP contribution is 2.34. The highest BCUT2D eigenvalue weighted by atomic mass is 19.1. The van der Waals surface area contributed by atoms with Crippen LogP contribution in [0.4, 0.5) is 15.8 Å². The summed E-state index contributed by atoms with van der Waals surface area (Å²) in [4.78, 5) is 22.2. The van der Waals surface area contributed by atoms with Crippen molar-refractivity contribution in [3.8, 4) is 0 Å². The molecular formula is C23H18FN3O. The Morgan fingerprint density at radius 1 is 0.857 bits per heavy atom. The van der Waals surface area contributed by atoms with Crippen LogP contribution >= 0.6 is 0 Å². The number of rotatable bonds is 2. The molecule has 3 aromatic carbocycles. The van der Waals surface area contributed by atoms with Crippen molar-refractivity contribution in [3.05, 3.63) is 95.8 Å². The number of aliphatic imine (C=N–C) groups is 2. The maximum atomic E-state index is 14.1. The van der Waals surface area contributed by atoms with E-state index in [1.807, 2.05) is 61.5 Å². The lowest BCUT2D eigenvalue weighted by molar-refractivity contribution is 0.0972. The van der Waals surface area contributed by atoms with Crippen molar-refractivity contribution < 1.29 is 9.18 Å². The van der Waals surface area contributed by atoms with Crippen LogP contribution in [0.2, 0.25) is 0 Å². The SMILES string of the molecule is CC1=Nc2ccccc2N=C(NC(=O)c2ccccc2F)[C@H]1c1ccccc1. The van der Waals surface area contributed by atoms with Crippen LogP contribution in [0.15, 0.2) is 88.8 Å². The van der Waals surface area contributed by atoms with Gasteiger partial charge in [-0.2, -0.15) is 0 Å². The normalized spacial score (nSPS) is 15.7. The third kappa shape index (κ3) is 3.47. The summed E-state index contributed by atoms with van der Waals surface area (Å²) in [7, 11) is 0. The molecule has 3 aromatic rings. The molecule has 1 N–H and O–H groups in total. The number of benzene rings is 3. The van der Waals surface area contributed by atoms with Gasteiger partial charge in [-0.05, 0) is 36.8 Å². The maximum absolute atomic E-state index is 14.1. The Bertz CT molecular complexity index is 1090. The van der Waals surface area contributed by atoms with Crippen LogP contribution in [0.1, 0.15) is 28.8 Å². The van der Waals surface area contributed by atoms with Crippen LogP contribution in [0.25, 0.3) is 0 Å². The van der Waals surface area contributed by atoms with Crippen LogP contribution in [-0.2, 0) is 0 Å². The zero-order valence-corrected chi connectivity index (χ0v) is 15.3. The van der Waals surface area contributed by atoms with Gasteiger partial charge in [0.15, 0.2) is 0 Å². The first kappa shape index (κ1) is 17.8. The van der Waals surface area contributed by atoms with Crippen molar-refractivity contribution in [1.82, 2.24) is 5.32 Å². The van der Waals surface area contributed by atoms with Gasteiger partial charge >= 0.3 is 0 Å². The average molecular weight is 371 g/mol. The first-order valence-electron chi connectivity index (χ1n) is 8.97. The van der Waals surface area contributed by atoms with Gasteiger partial charge in [0, 0.05) is 5.71 Å². The fourth-order valence-electron chi connectivity index (χ4n) is 3.27. The summed E-state index contributed by atoms with van der Waals surface area (Å²) < 4.78 is 14.1. The molecule has 0 aromatic heterocycles. The number of nitrogens with zero attached hydrogens (tertiary/aromatic N) is 2. The molecule has 4 rings (SSSR count). The van der Waals surface area contributed by atoms with E-state index >= 15 is 0 Å². The molecule has 0 radical (unpaired) electrons. The predicted molar refractivity (Wildman–Crippen MR) is 109 cm³/mol. The number of carbonyl (C=O) groups excluding carboxylic acids is 1. The summed E-state index contributed by atoms with van der Waals surface area (Å²) in [6, 6.07) is 23.1. The number of para-hydroxylation sites is 2. The summed E-state index contributed by atoms with van der Waals surface area (Å²) >= 11 is 0. The molecule has 138 valence electrons. The fraction of sp³-hybridized carbons (Fsp3) is 0.0870. The number of halogens is 1. The second-order valence-corrected chi connectivity index (χ2v) is 6.52. The van der Waals surface area contributed by atoms with Crippen molar-refractivity contribution in [1.29, 1.82) is 0 Å². The van der Waals surface area contributed by atoms with Crippen LogP contribution in [-0.4, -0.2) is 17.5 Å². The maximum Gasteiger partial charge on any atom is 0.259 e. The minimum Gasteiger partial charge on any atom is -0.309 e. The molecule has 28 heavy (non-hydrogen) atoms. The van der Waals surface area contributed by atoms with E-state index in [0.29, 0.717) is 11.5 Å². The molecule has 0 bridgehead atoms. The standard InChI is InChI=1S/C23H18FN3O/c1-15-21(16-9-3-2-4-10-16)22(26-20-14-8-7-13-19(20)25-15)27-23(28)17-11-5-6-12-18(17)24/h2-14,21H,1H3,(H,26,27,28)/t21-/m1/s1. The number of amidine groups is 1. The number of hydrogen-bond acceptors (Lipinski definition) is 3. The van der Waals surface area contributed by atoms with Crippen molar-refractivity contribution in [3.63, 3.8) is 0 Å². The van der Waals surface area contributed by atoms with Crippen LogP contribution < -0.4 is 5.32 Å². The number of hydrogen-bond donors (Lipinski definition) is 1. The third-order valence-electron chi connectivity index (χ3n) is 4.60. The van der Waals surface area contributed by atoms with Gasteiger partial charge in [0.05, 0.1) is 22.9 Å². The lowest BCUT2D eigenvalue weighted by Crippen LogP contribution is -2.37. The lowest BCUT2D eigenvalue weighted by Gasteiger charge is -2.19. The van der Waals surface area contributed by atoms with Gasteiger partial charge in [-0.3, -0.25) is 9.79 Å². The molecule has 0 saturated carbocycles. The lowest BCUT2D eigenvalue weighted by atomic mass is 9.93. The van der Waals surface area contributed by atoms with Crippen LogP contribution in [0, 0.1) is 5.82 Å². The second-order valence-electron chi connectivity index (χ2n) is 6.52. The molecule has 4 nitrogen and oxygen atoms in total. The molecule has 1 heterocycles. The summed E-state index contributed by atoms with van der Waals surface area (Å²) in [6.07, 6.45) is 0. The van der Waals surface area contributed by atoms with Crippen molar-refractivity contribution in [2.45, 2.75) is 12.8 Å². The molecule has 0 aliphatic carbocycles.